The van der Waals surface area contributed by atoms with Gasteiger partial charge in [-0.25, -0.2) is 0 Å². The molecule has 0 aromatic carbocycles. The third-order valence-corrected chi connectivity index (χ3v) is 0. The first-order valence-corrected chi connectivity index (χ1v) is 1.40. The molecule has 0 atom stereocenters. The Kier molecular flexibility index (Phi) is 106. The SMILES string of the molecule is C#C.C=CCl.[Ca+2].[H-].[H-]. The second kappa shape index (κ2) is 40.2. The number of rotatable bonds is 0. The normalized spacial score (nSPS) is 2.50. The fraction of sp³-hybridized carbons (Fsp3) is 0. The summed E-state index contributed by atoms with van der Waals surface area (Å²) in [5.41, 5.74) is 1.22. The standard InChI is InChI=1S/C2H3Cl.C2H2.Ca.2H/c1-2-3;1-2;;;/h2H,1H2;1-2H;;;/q;;+2;2*-1. The van der Waals surface area contributed by atoms with Crippen LogP contribution in [0.5, 0.6) is 0 Å². The zero-order chi connectivity index (χ0) is 4.71. The minimum atomic E-state index is 0. The van der Waals surface area contributed by atoms with Gasteiger partial charge in [-0.3, -0.25) is 0 Å². The predicted octanol–water partition coefficient (Wildman–Crippen LogP) is 1.46. The molecule has 6 heavy (non-hydrogen) atoms. The summed E-state index contributed by atoms with van der Waals surface area (Å²) < 4.78 is 0. The van der Waals surface area contributed by atoms with Crippen molar-refractivity contribution in [2.45, 2.75) is 0 Å². The summed E-state index contributed by atoms with van der Waals surface area (Å²) in [5, 5.41) is 0. The molecule has 0 bridgehead atoms. The molecule has 0 radical (unpaired) electrons. The van der Waals surface area contributed by atoms with Crippen LogP contribution in [0.4, 0.5) is 0 Å². The molecule has 0 N–H and O–H groups in total. The molecule has 0 aromatic heterocycles. The average Bonchev–Trinajstić information content (AvgIpc) is 1.46. The molecule has 0 rings (SSSR count). The Morgan fingerprint density at radius 3 is 1.67 bits per heavy atom. The first-order chi connectivity index (χ1) is 2.41. The van der Waals surface area contributed by atoms with Crippen LogP contribution in [-0.2, 0) is 0 Å². The minimum absolute atomic E-state index is 0. The molecule has 2 heteroatoms. The summed E-state index contributed by atoms with van der Waals surface area (Å²) in [7, 11) is 0. The largest absolute Gasteiger partial charge is 2.00 e. The third-order valence-electron chi connectivity index (χ3n) is 0. The molecule has 0 aliphatic carbocycles. The van der Waals surface area contributed by atoms with Gasteiger partial charge in [-0.2, -0.15) is 0 Å². The van der Waals surface area contributed by atoms with Gasteiger partial charge in [-0.05, 0) is 5.54 Å². The van der Waals surface area contributed by atoms with Crippen LogP contribution < -0.4 is 0 Å². The fourth-order valence-corrected chi connectivity index (χ4v) is 0. The van der Waals surface area contributed by atoms with Gasteiger partial charge in [-0.15, -0.1) is 12.8 Å². The van der Waals surface area contributed by atoms with Crippen molar-refractivity contribution in [2.24, 2.45) is 0 Å². The van der Waals surface area contributed by atoms with Crippen LogP contribution in [0, 0.1) is 12.8 Å². The van der Waals surface area contributed by atoms with Gasteiger partial charge in [0, 0.05) is 0 Å². The molecule has 0 saturated heterocycles. The Labute approximate surface area is 76.5 Å². The second-order valence-corrected chi connectivity index (χ2v) is 0.463. The van der Waals surface area contributed by atoms with Crippen molar-refractivity contribution in [3.05, 3.63) is 12.1 Å². The number of hydrogen-bond donors (Lipinski definition) is 0. The molecule has 32 valence electrons. The van der Waals surface area contributed by atoms with Gasteiger partial charge in [-0.1, -0.05) is 18.2 Å². The van der Waals surface area contributed by atoms with Gasteiger partial charge in [0.1, 0.15) is 0 Å². The van der Waals surface area contributed by atoms with Crippen LogP contribution in [0.25, 0.3) is 0 Å². The number of hydrogen-bond acceptors (Lipinski definition) is 0. The molecule has 0 saturated carbocycles. The molecule has 0 aliphatic heterocycles. The van der Waals surface area contributed by atoms with Crippen molar-refractivity contribution in [2.75, 3.05) is 0 Å². The van der Waals surface area contributed by atoms with Crippen molar-refractivity contribution in [3.63, 3.8) is 0 Å². The van der Waals surface area contributed by atoms with E-state index in [9.17, 15) is 0 Å². The molecule has 0 aliphatic rings. The van der Waals surface area contributed by atoms with Crippen LogP contribution in [0.15, 0.2) is 12.1 Å². The zero-order valence-corrected chi connectivity index (χ0v) is 6.49. The Balaban J connectivity index is -0.00000000567. The average molecular weight is 131 g/mol. The van der Waals surface area contributed by atoms with E-state index in [-0.39, 0.29) is 40.6 Å². The van der Waals surface area contributed by atoms with Crippen LogP contribution in [-0.4, -0.2) is 37.7 Å². The summed E-state index contributed by atoms with van der Waals surface area (Å²) >= 11 is 4.76. The Morgan fingerprint density at radius 2 is 1.67 bits per heavy atom. The van der Waals surface area contributed by atoms with E-state index in [0.717, 1.165) is 0 Å². The van der Waals surface area contributed by atoms with Gasteiger partial charge >= 0.3 is 37.7 Å². The van der Waals surface area contributed by atoms with E-state index in [1.807, 2.05) is 0 Å². The molecular formula is C4H7CaCl. The van der Waals surface area contributed by atoms with Crippen molar-refractivity contribution in [3.8, 4) is 12.8 Å². The van der Waals surface area contributed by atoms with E-state index in [0.29, 0.717) is 0 Å². The summed E-state index contributed by atoms with van der Waals surface area (Å²) in [6.07, 6.45) is 8.00. The van der Waals surface area contributed by atoms with Crippen LogP contribution >= 0.6 is 11.6 Å². The number of halogens is 1. The summed E-state index contributed by atoms with van der Waals surface area (Å²) in [4.78, 5) is 0. The molecule has 0 unspecified atom stereocenters. The fourth-order valence-electron chi connectivity index (χ4n) is 0. The smallest absolute Gasteiger partial charge is 1.00 e. The molecule has 0 fully saturated rings. The molecule has 0 aromatic rings. The summed E-state index contributed by atoms with van der Waals surface area (Å²) in [5.74, 6) is 0. The predicted molar refractivity (Wildman–Crippen MR) is 33.9 cm³/mol. The molecule has 0 amide bonds. The Hall–Kier alpha value is 0.850. The first-order valence-electron chi connectivity index (χ1n) is 0.960. The van der Waals surface area contributed by atoms with Gasteiger partial charge in [0.2, 0.25) is 0 Å². The van der Waals surface area contributed by atoms with Gasteiger partial charge < -0.3 is 2.85 Å². The van der Waals surface area contributed by atoms with Gasteiger partial charge in [0.25, 0.3) is 0 Å². The minimum Gasteiger partial charge on any atom is -1.00 e. The Bertz CT molecular complexity index is 38.3. The maximum atomic E-state index is 4.76. The van der Waals surface area contributed by atoms with E-state index < -0.39 is 0 Å². The maximum absolute atomic E-state index is 4.76. The van der Waals surface area contributed by atoms with Crippen LogP contribution in [0.3, 0.4) is 0 Å². The van der Waals surface area contributed by atoms with E-state index in [1.165, 1.54) is 5.54 Å². The van der Waals surface area contributed by atoms with E-state index in [4.69, 9.17) is 11.6 Å². The Morgan fingerprint density at radius 1 is 1.67 bits per heavy atom. The third kappa shape index (κ3) is 99.5. The van der Waals surface area contributed by atoms with E-state index in [1.54, 1.807) is 0 Å². The van der Waals surface area contributed by atoms with Crippen molar-refractivity contribution in [1.82, 2.24) is 0 Å². The maximum Gasteiger partial charge on any atom is 2.00 e. The zero-order valence-electron chi connectivity index (χ0n) is 5.52. The summed E-state index contributed by atoms with van der Waals surface area (Å²) in [6, 6.07) is 0. The van der Waals surface area contributed by atoms with Crippen molar-refractivity contribution < 1.29 is 2.85 Å². The molecular weight excluding hydrogens is 124 g/mol. The van der Waals surface area contributed by atoms with Gasteiger partial charge in [0.15, 0.2) is 0 Å². The van der Waals surface area contributed by atoms with Gasteiger partial charge in [0.05, 0.1) is 0 Å². The second-order valence-electron chi connectivity index (χ2n) is 0.154. The van der Waals surface area contributed by atoms with E-state index >= 15 is 0 Å². The van der Waals surface area contributed by atoms with Crippen molar-refractivity contribution >= 4 is 49.3 Å². The van der Waals surface area contributed by atoms with Crippen LogP contribution in [0.2, 0.25) is 0 Å². The summed E-state index contributed by atoms with van der Waals surface area (Å²) in [6.45, 7) is 3.13. The molecule has 0 spiro atoms. The molecule has 0 nitrogen and oxygen atoms in total. The van der Waals surface area contributed by atoms with Crippen molar-refractivity contribution in [1.29, 1.82) is 0 Å². The topological polar surface area (TPSA) is 0 Å². The number of terminal acetylenes is 1. The molecule has 0 heterocycles. The van der Waals surface area contributed by atoms with Crippen LogP contribution in [0.1, 0.15) is 2.85 Å². The quantitative estimate of drug-likeness (QED) is 0.344. The monoisotopic (exact) mass is 130 g/mol. The first kappa shape index (κ1) is 15.8. The van der Waals surface area contributed by atoms with E-state index in [2.05, 4.69) is 19.4 Å².